The van der Waals surface area contributed by atoms with E-state index in [1.54, 1.807) is 6.07 Å². The Kier molecular flexibility index (Phi) is 7.79. The SMILES string of the molecule is Cc1cc(C(=O)O)cnc1CCN1CCN(c2cc(N3CCCCC3)nc(N3CCCC3C)n2)C(C)C1. The number of piperidine rings is 1. The molecule has 3 saturated heterocycles. The first kappa shape index (κ1) is 25.7. The van der Waals surface area contributed by atoms with Gasteiger partial charge in [0.2, 0.25) is 5.95 Å². The minimum Gasteiger partial charge on any atom is -0.478 e. The lowest BCUT2D eigenvalue weighted by molar-refractivity contribution is 0.0696. The molecule has 3 aliphatic heterocycles. The van der Waals surface area contributed by atoms with Crippen LogP contribution < -0.4 is 14.7 Å². The minimum absolute atomic E-state index is 0.250. The molecule has 2 aromatic heterocycles. The molecule has 37 heavy (non-hydrogen) atoms. The predicted molar refractivity (Wildman–Crippen MR) is 147 cm³/mol. The lowest BCUT2D eigenvalue weighted by Crippen LogP contribution is -2.52. The third-order valence-electron chi connectivity index (χ3n) is 8.28. The van der Waals surface area contributed by atoms with Crippen LogP contribution in [0, 0.1) is 6.92 Å². The molecule has 9 nitrogen and oxygen atoms in total. The second kappa shape index (κ2) is 11.2. The highest BCUT2D eigenvalue weighted by atomic mass is 16.4. The summed E-state index contributed by atoms with van der Waals surface area (Å²) in [5, 5.41) is 9.20. The normalized spacial score (nSPS) is 23.1. The number of pyridine rings is 1. The van der Waals surface area contributed by atoms with Crippen LogP contribution in [0.3, 0.4) is 0 Å². The van der Waals surface area contributed by atoms with Crippen LogP contribution in [0.4, 0.5) is 17.6 Å². The molecule has 0 saturated carbocycles. The van der Waals surface area contributed by atoms with Crippen LogP contribution in [0.25, 0.3) is 0 Å². The van der Waals surface area contributed by atoms with Gasteiger partial charge in [0.1, 0.15) is 11.6 Å². The Hall–Kier alpha value is -2.94. The van der Waals surface area contributed by atoms with Crippen LogP contribution in [0.1, 0.15) is 67.6 Å². The van der Waals surface area contributed by atoms with Gasteiger partial charge >= 0.3 is 5.97 Å². The highest BCUT2D eigenvalue weighted by molar-refractivity contribution is 5.87. The van der Waals surface area contributed by atoms with Gasteiger partial charge in [-0.25, -0.2) is 4.79 Å². The molecule has 0 amide bonds. The van der Waals surface area contributed by atoms with Crippen molar-refractivity contribution in [3.63, 3.8) is 0 Å². The summed E-state index contributed by atoms with van der Waals surface area (Å²) in [5.41, 5.74) is 2.17. The van der Waals surface area contributed by atoms with Gasteiger partial charge in [-0.3, -0.25) is 9.88 Å². The quantitative estimate of drug-likeness (QED) is 0.604. The Labute approximate surface area is 220 Å². The number of nitrogens with zero attached hydrogens (tertiary/aromatic N) is 7. The molecule has 0 aromatic carbocycles. The summed E-state index contributed by atoms with van der Waals surface area (Å²) >= 11 is 0. The number of carboxylic acid groups (broad SMARTS) is 1. The van der Waals surface area contributed by atoms with Crippen molar-refractivity contribution in [2.24, 2.45) is 0 Å². The van der Waals surface area contributed by atoms with E-state index in [-0.39, 0.29) is 5.56 Å². The van der Waals surface area contributed by atoms with Crippen molar-refractivity contribution in [1.29, 1.82) is 0 Å². The molecule has 0 bridgehead atoms. The van der Waals surface area contributed by atoms with Crippen molar-refractivity contribution in [3.05, 3.63) is 35.2 Å². The maximum absolute atomic E-state index is 11.2. The Morgan fingerprint density at radius 2 is 1.73 bits per heavy atom. The van der Waals surface area contributed by atoms with E-state index < -0.39 is 5.97 Å². The Balaban J connectivity index is 1.28. The average molecular weight is 508 g/mol. The summed E-state index contributed by atoms with van der Waals surface area (Å²) < 4.78 is 0. The van der Waals surface area contributed by atoms with Crippen LogP contribution in [-0.4, -0.2) is 88.8 Å². The number of aromatic nitrogens is 3. The third-order valence-corrected chi connectivity index (χ3v) is 8.28. The summed E-state index contributed by atoms with van der Waals surface area (Å²) in [6, 6.07) is 4.77. The number of carbonyl (C=O) groups is 1. The lowest BCUT2D eigenvalue weighted by atomic mass is 10.1. The van der Waals surface area contributed by atoms with E-state index in [0.717, 1.165) is 81.1 Å². The van der Waals surface area contributed by atoms with Crippen molar-refractivity contribution in [1.82, 2.24) is 19.9 Å². The fraction of sp³-hybridized carbons (Fsp3) is 0.643. The number of carboxylic acids is 1. The van der Waals surface area contributed by atoms with Crippen molar-refractivity contribution < 1.29 is 9.90 Å². The van der Waals surface area contributed by atoms with Crippen molar-refractivity contribution in [3.8, 4) is 0 Å². The lowest BCUT2D eigenvalue weighted by Gasteiger charge is -2.41. The maximum atomic E-state index is 11.2. The maximum Gasteiger partial charge on any atom is 0.337 e. The van der Waals surface area contributed by atoms with Crippen LogP contribution in [0.2, 0.25) is 0 Å². The van der Waals surface area contributed by atoms with Crippen LogP contribution >= 0.6 is 0 Å². The molecule has 0 aliphatic carbocycles. The molecular weight excluding hydrogens is 466 g/mol. The third kappa shape index (κ3) is 5.81. The zero-order chi connectivity index (χ0) is 25.9. The fourth-order valence-electron chi connectivity index (χ4n) is 6.02. The molecule has 0 spiro atoms. The molecule has 2 aromatic rings. The van der Waals surface area contributed by atoms with Gasteiger partial charge in [0, 0.05) is 82.3 Å². The average Bonchev–Trinajstić information content (AvgIpc) is 3.34. The molecule has 3 fully saturated rings. The molecule has 3 aliphatic rings. The van der Waals surface area contributed by atoms with Crippen LogP contribution in [-0.2, 0) is 6.42 Å². The summed E-state index contributed by atoms with van der Waals surface area (Å²) in [7, 11) is 0. The number of rotatable bonds is 7. The van der Waals surface area contributed by atoms with Gasteiger partial charge in [-0.2, -0.15) is 9.97 Å². The van der Waals surface area contributed by atoms with Gasteiger partial charge in [-0.05, 0) is 64.5 Å². The second-order valence-corrected chi connectivity index (χ2v) is 11.0. The van der Waals surface area contributed by atoms with E-state index in [2.05, 4.69) is 44.5 Å². The van der Waals surface area contributed by atoms with E-state index in [4.69, 9.17) is 9.97 Å². The van der Waals surface area contributed by atoms with E-state index in [9.17, 15) is 9.90 Å². The molecular formula is C28H41N7O2. The molecule has 2 atom stereocenters. The molecule has 5 rings (SSSR count). The van der Waals surface area contributed by atoms with Gasteiger partial charge < -0.3 is 19.8 Å². The predicted octanol–water partition coefficient (Wildman–Crippen LogP) is 3.61. The molecule has 5 heterocycles. The first-order valence-corrected chi connectivity index (χ1v) is 14.0. The Bertz CT molecular complexity index is 1100. The van der Waals surface area contributed by atoms with Gasteiger partial charge in [0.05, 0.1) is 5.56 Å². The van der Waals surface area contributed by atoms with E-state index >= 15 is 0 Å². The monoisotopic (exact) mass is 507 g/mol. The van der Waals surface area contributed by atoms with E-state index in [1.165, 1.54) is 38.3 Å². The molecule has 0 radical (unpaired) electrons. The summed E-state index contributed by atoms with van der Waals surface area (Å²) in [6.45, 7) is 13.5. The number of piperazine rings is 1. The van der Waals surface area contributed by atoms with Gasteiger partial charge in [-0.1, -0.05) is 0 Å². The standard InChI is InChI=1S/C28H41N7O2/c1-20-16-23(27(36)37)18-29-24(20)9-13-32-14-15-34(22(3)19-32)26-17-25(33-10-5-4-6-11-33)30-28(31-26)35-12-7-8-21(35)2/h16-18,21-22H,4-15,19H2,1-3H3,(H,36,37). The highest BCUT2D eigenvalue weighted by Gasteiger charge is 2.29. The Morgan fingerprint density at radius 3 is 2.41 bits per heavy atom. The topological polar surface area (TPSA) is 88.9 Å². The van der Waals surface area contributed by atoms with Crippen molar-refractivity contribution in [2.45, 2.75) is 71.4 Å². The highest BCUT2D eigenvalue weighted by Crippen LogP contribution is 2.30. The first-order chi connectivity index (χ1) is 17.9. The number of hydrogen-bond acceptors (Lipinski definition) is 8. The summed E-state index contributed by atoms with van der Waals surface area (Å²) in [5.74, 6) is 2.10. The number of aryl methyl sites for hydroxylation is 1. The van der Waals surface area contributed by atoms with Crippen molar-refractivity contribution >= 4 is 23.6 Å². The number of aromatic carboxylic acids is 1. The first-order valence-electron chi connectivity index (χ1n) is 14.0. The molecule has 200 valence electrons. The molecule has 9 heteroatoms. The Morgan fingerprint density at radius 1 is 0.946 bits per heavy atom. The number of hydrogen-bond donors (Lipinski definition) is 1. The van der Waals surface area contributed by atoms with Gasteiger partial charge in [0.25, 0.3) is 0 Å². The number of anilines is 3. The molecule has 2 unspecified atom stereocenters. The zero-order valence-electron chi connectivity index (χ0n) is 22.6. The van der Waals surface area contributed by atoms with Crippen LogP contribution in [0.5, 0.6) is 0 Å². The summed E-state index contributed by atoms with van der Waals surface area (Å²) in [6.07, 6.45) is 8.48. The van der Waals surface area contributed by atoms with E-state index in [0.29, 0.717) is 12.1 Å². The van der Waals surface area contributed by atoms with Crippen molar-refractivity contribution in [2.75, 3.05) is 60.5 Å². The summed E-state index contributed by atoms with van der Waals surface area (Å²) in [4.78, 5) is 35.6. The zero-order valence-corrected chi connectivity index (χ0v) is 22.6. The van der Waals surface area contributed by atoms with Gasteiger partial charge in [-0.15, -0.1) is 0 Å². The van der Waals surface area contributed by atoms with Gasteiger partial charge in [0.15, 0.2) is 0 Å². The largest absolute Gasteiger partial charge is 0.478 e. The molecule has 1 N–H and O–H groups in total. The van der Waals surface area contributed by atoms with Crippen LogP contribution in [0.15, 0.2) is 18.3 Å². The second-order valence-electron chi connectivity index (χ2n) is 11.0. The minimum atomic E-state index is -0.928. The fourth-order valence-corrected chi connectivity index (χ4v) is 6.02. The van der Waals surface area contributed by atoms with E-state index in [1.807, 2.05) is 6.92 Å². The smallest absolute Gasteiger partial charge is 0.337 e.